The van der Waals surface area contributed by atoms with Gasteiger partial charge in [-0.3, -0.25) is 9.59 Å². The number of ether oxygens (including phenoxy) is 2. The number of rotatable bonds is 4. The average Bonchev–Trinajstić information content (AvgIpc) is 2.62. The molecular weight excluding hydrogens is 310 g/mol. The van der Waals surface area contributed by atoms with Gasteiger partial charge in [0.1, 0.15) is 6.10 Å². The molecule has 0 spiro atoms. The van der Waals surface area contributed by atoms with E-state index in [-0.39, 0.29) is 12.1 Å². The molecule has 1 aromatic rings. The van der Waals surface area contributed by atoms with E-state index in [0.29, 0.717) is 18.0 Å². The second-order valence-electron chi connectivity index (χ2n) is 5.88. The number of hydrogen-bond acceptors (Lipinski definition) is 5. The Morgan fingerprint density at radius 3 is 2.25 bits per heavy atom. The van der Waals surface area contributed by atoms with Gasteiger partial charge in [-0.1, -0.05) is 19.1 Å². The van der Waals surface area contributed by atoms with Gasteiger partial charge in [0.05, 0.1) is 7.11 Å². The standard InChI is InChI=1S/C18H23NO5/c1-3-16(20)24-15-10-6-13(7-11-15)12-4-8-14(9-5-12)19-17(21)18(22)23-2/h4-5,8-9,13,15H,3,6-7,10-11H2,1-2H3,(H,19,21). The van der Waals surface area contributed by atoms with Crippen LogP contribution in [0, 0.1) is 0 Å². The Hall–Kier alpha value is -2.37. The molecule has 0 aromatic heterocycles. The fraction of sp³-hybridized carbons (Fsp3) is 0.500. The third-order valence-corrected chi connectivity index (χ3v) is 4.27. The van der Waals surface area contributed by atoms with Gasteiger partial charge in [-0.15, -0.1) is 0 Å². The number of carbonyl (C=O) groups is 3. The van der Waals surface area contributed by atoms with Crippen LogP contribution in [0.4, 0.5) is 5.69 Å². The molecule has 6 heteroatoms. The SMILES string of the molecule is CCC(=O)OC1CCC(c2ccc(NC(=O)C(=O)OC)cc2)CC1. The van der Waals surface area contributed by atoms with E-state index < -0.39 is 11.9 Å². The van der Waals surface area contributed by atoms with Crippen molar-refractivity contribution < 1.29 is 23.9 Å². The maximum absolute atomic E-state index is 11.5. The summed E-state index contributed by atoms with van der Waals surface area (Å²) >= 11 is 0. The van der Waals surface area contributed by atoms with Crippen molar-refractivity contribution in [1.82, 2.24) is 0 Å². The van der Waals surface area contributed by atoms with Gasteiger partial charge in [-0.2, -0.15) is 0 Å². The molecule has 0 bridgehead atoms. The first-order chi connectivity index (χ1) is 11.5. The van der Waals surface area contributed by atoms with Crippen LogP contribution >= 0.6 is 0 Å². The predicted octanol–water partition coefficient (Wildman–Crippen LogP) is 2.78. The van der Waals surface area contributed by atoms with E-state index in [1.54, 1.807) is 19.1 Å². The summed E-state index contributed by atoms with van der Waals surface area (Å²) in [6.45, 7) is 1.80. The minimum atomic E-state index is -0.918. The van der Waals surface area contributed by atoms with Crippen LogP contribution in [-0.2, 0) is 23.9 Å². The molecule has 1 aliphatic carbocycles. The molecule has 130 valence electrons. The summed E-state index contributed by atoms with van der Waals surface area (Å²) in [4.78, 5) is 33.9. The Morgan fingerprint density at radius 2 is 1.71 bits per heavy atom. The highest BCUT2D eigenvalue weighted by Crippen LogP contribution is 2.34. The molecular formula is C18H23NO5. The van der Waals surface area contributed by atoms with E-state index in [2.05, 4.69) is 10.1 Å². The largest absolute Gasteiger partial charge is 0.462 e. The van der Waals surface area contributed by atoms with Crippen molar-refractivity contribution in [3.05, 3.63) is 29.8 Å². The number of anilines is 1. The lowest BCUT2D eigenvalue weighted by atomic mass is 9.82. The molecule has 1 amide bonds. The zero-order valence-electron chi connectivity index (χ0n) is 14.0. The first kappa shape index (κ1) is 18.0. The number of hydrogen-bond donors (Lipinski definition) is 1. The summed E-state index contributed by atoms with van der Waals surface area (Å²) in [5.74, 6) is -1.42. The topological polar surface area (TPSA) is 81.7 Å². The molecule has 0 heterocycles. The van der Waals surface area contributed by atoms with Gasteiger partial charge < -0.3 is 14.8 Å². The van der Waals surface area contributed by atoms with Crippen molar-refractivity contribution in [1.29, 1.82) is 0 Å². The Bertz CT molecular complexity index is 588. The molecule has 0 saturated heterocycles. The molecule has 1 aliphatic rings. The summed E-state index contributed by atoms with van der Waals surface area (Å²) in [6, 6.07) is 7.46. The zero-order chi connectivity index (χ0) is 17.5. The molecule has 0 atom stereocenters. The molecule has 1 N–H and O–H groups in total. The van der Waals surface area contributed by atoms with Crippen LogP contribution in [0.15, 0.2) is 24.3 Å². The first-order valence-corrected chi connectivity index (χ1v) is 8.22. The Kier molecular flexibility index (Phi) is 6.35. The van der Waals surface area contributed by atoms with Crippen molar-refractivity contribution in [2.24, 2.45) is 0 Å². The van der Waals surface area contributed by atoms with E-state index in [0.717, 1.165) is 25.7 Å². The highest BCUT2D eigenvalue weighted by Gasteiger charge is 2.24. The molecule has 1 aromatic carbocycles. The van der Waals surface area contributed by atoms with Crippen LogP contribution in [-0.4, -0.2) is 31.1 Å². The fourth-order valence-corrected chi connectivity index (χ4v) is 2.90. The first-order valence-electron chi connectivity index (χ1n) is 8.22. The normalized spacial score (nSPS) is 20.1. The van der Waals surface area contributed by atoms with Crippen molar-refractivity contribution in [3.63, 3.8) is 0 Å². The molecule has 1 fully saturated rings. The van der Waals surface area contributed by atoms with Crippen LogP contribution < -0.4 is 5.32 Å². The number of esters is 2. The van der Waals surface area contributed by atoms with Gasteiger partial charge in [0.15, 0.2) is 0 Å². The highest BCUT2D eigenvalue weighted by atomic mass is 16.5. The number of carbonyl (C=O) groups excluding carboxylic acids is 3. The second kappa shape index (κ2) is 8.47. The lowest BCUT2D eigenvalue weighted by Gasteiger charge is -2.28. The monoisotopic (exact) mass is 333 g/mol. The van der Waals surface area contributed by atoms with Crippen LogP contribution in [0.5, 0.6) is 0 Å². The van der Waals surface area contributed by atoms with E-state index in [1.165, 1.54) is 12.7 Å². The second-order valence-corrected chi connectivity index (χ2v) is 5.88. The van der Waals surface area contributed by atoms with Gasteiger partial charge in [0, 0.05) is 12.1 Å². The predicted molar refractivity (Wildman–Crippen MR) is 88.5 cm³/mol. The summed E-state index contributed by atoms with van der Waals surface area (Å²) in [6.07, 6.45) is 4.13. The van der Waals surface area contributed by atoms with Crippen LogP contribution in [0.2, 0.25) is 0 Å². The summed E-state index contributed by atoms with van der Waals surface area (Å²) in [5.41, 5.74) is 1.74. The average molecular weight is 333 g/mol. The van der Waals surface area contributed by atoms with Crippen LogP contribution in [0.25, 0.3) is 0 Å². The molecule has 6 nitrogen and oxygen atoms in total. The molecule has 24 heavy (non-hydrogen) atoms. The molecule has 0 unspecified atom stereocenters. The third-order valence-electron chi connectivity index (χ3n) is 4.27. The van der Waals surface area contributed by atoms with E-state index in [1.807, 2.05) is 12.1 Å². The fourth-order valence-electron chi connectivity index (χ4n) is 2.90. The quantitative estimate of drug-likeness (QED) is 0.677. The summed E-state index contributed by atoms with van der Waals surface area (Å²) < 4.78 is 9.75. The van der Waals surface area contributed by atoms with E-state index >= 15 is 0 Å². The number of nitrogens with one attached hydrogen (secondary N) is 1. The van der Waals surface area contributed by atoms with Crippen LogP contribution in [0.3, 0.4) is 0 Å². The Morgan fingerprint density at radius 1 is 1.08 bits per heavy atom. The van der Waals surface area contributed by atoms with Crippen molar-refractivity contribution >= 4 is 23.5 Å². The molecule has 2 rings (SSSR count). The lowest BCUT2D eigenvalue weighted by molar-refractivity contribution is -0.150. The minimum Gasteiger partial charge on any atom is -0.462 e. The maximum Gasteiger partial charge on any atom is 0.396 e. The van der Waals surface area contributed by atoms with Crippen molar-refractivity contribution in [2.75, 3.05) is 12.4 Å². The molecule has 0 radical (unpaired) electrons. The maximum atomic E-state index is 11.5. The zero-order valence-corrected chi connectivity index (χ0v) is 14.0. The van der Waals surface area contributed by atoms with E-state index in [9.17, 15) is 14.4 Å². The van der Waals surface area contributed by atoms with E-state index in [4.69, 9.17) is 4.74 Å². The smallest absolute Gasteiger partial charge is 0.396 e. The van der Waals surface area contributed by atoms with Gasteiger partial charge in [0.2, 0.25) is 0 Å². The Balaban J connectivity index is 1.87. The number of benzene rings is 1. The van der Waals surface area contributed by atoms with Gasteiger partial charge in [-0.05, 0) is 49.3 Å². The lowest BCUT2D eigenvalue weighted by Crippen LogP contribution is -2.24. The minimum absolute atomic E-state index is 0.0346. The Labute approximate surface area is 141 Å². The van der Waals surface area contributed by atoms with Gasteiger partial charge in [0.25, 0.3) is 0 Å². The number of methoxy groups -OCH3 is 1. The van der Waals surface area contributed by atoms with Crippen molar-refractivity contribution in [2.45, 2.75) is 51.0 Å². The van der Waals surface area contributed by atoms with Crippen molar-refractivity contribution in [3.8, 4) is 0 Å². The summed E-state index contributed by atoms with van der Waals surface area (Å²) in [7, 11) is 1.17. The molecule has 1 saturated carbocycles. The summed E-state index contributed by atoms with van der Waals surface area (Å²) in [5, 5.41) is 2.49. The number of amides is 1. The van der Waals surface area contributed by atoms with Gasteiger partial charge >= 0.3 is 17.8 Å². The highest BCUT2D eigenvalue weighted by molar-refractivity contribution is 6.37. The third kappa shape index (κ3) is 4.81. The molecule has 0 aliphatic heterocycles. The van der Waals surface area contributed by atoms with Gasteiger partial charge in [-0.25, -0.2) is 4.79 Å². The van der Waals surface area contributed by atoms with Crippen LogP contribution in [0.1, 0.15) is 50.5 Å².